The Hall–Kier alpha value is -2.69. The van der Waals surface area contributed by atoms with Gasteiger partial charge in [-0.2, -0.15) is 0 Å². The van der Waals surface area contributed by atoms with Crippen LogP contribution >= 0.6 is 0 Å². The van der Waals surface area contributed by atoms with E-state index in [9.17, 15) is 4.79 Å². The summed E-state index contributed by atoms with van der Waals surface area (Å²) >= 11 is 0. The van der Waals surface area contributed by atoms with Crippen molar-refractivity contribution in [3.8, 4) is 0 Å². The van der Waals surface area contributed by atoms with E-state index in [1.165, 1.54) is 0 Å². The van der Waals surface area contributed by atoms with E-state index in [-0.39, 0.29) is 11.8 Å². The molecule has 2 aliphatic rings. The highest BCUT2D eigenvalue weighted by atomic mass is 16.1. The van der Waals surface area contributed by atoms with Crippen molar-refractivity contribution in [2.24, 2.45) is 0 Å². The molecular weight excluding hydrogens is 276 g/mol. The Morgan fingerprint density at radius 2 is 1.95 bits per heavy atom. The number of ketones is 1. The van der Waals surface area contributed by atoms with E-state index in [4.69, 9.17) is 0 Å². The molecule has 5 nitrogen and oxygen atoms in total. The molecule has 0 bridgehead atoms. The molecule has 110 valence electrons. The largest absolute Gasteiger partial charge is 0.357 e. The third-order valence-electron chi connectivity index (χ3n) is 4.16. The Labute approximate surface area is 128 Å². The molecule has 0 spiro atoms. The standard InChI is InChI=1S/C17H16N4O/c22-14-5-1-3-12-15(14)16(11-6-9-18-10-7-11)21-17-13(20-12)4-2-8-19-17/h2,4,6-10,16,20H,1,3,5H2,(H,19,21). The lowest BCUT2D eigenvalue weighted by molar-refractivity contribution is -0.116. The Balaban J connectivity index is 1.88. The molecule has 0 fully saturated rings. The van der Waals surface area contributed by atoms with Crippen molar-refractivity contribution < 1.29 is 4.79 Å². The number of pyridine rings is 2. The van der Waals surface area contributed by atoms with E-state index in [0.29, 0.717) is 6.42 Å². The molecule has 2 N–H and O–H groups in total. The van der Waals surface area contributed by atoms with Crippen molar-refractivity contribution in [3.63, 3.8) is 0 Å². The quantitative estimate of drug-likeness (QED) is 0.845. The fourth-order valence-corrected chi connectivity index (χ4v) is 3.13. The molecule has 4 rings (SSSR count). The number of aromatic nitrogens is 2. The number of anilines is 2. The highest BCUT2D eigenvalue weighted by molar-refractivity contribution is 6.00. The third kappa shape index (κ3) is 2.15. The van der Waals surface area contributed by atoms with Gasteiger partial charge >= 0.3 is 0 Å². The van der Waals surface area contributed by atoms with E-state index in [1.54, 1.807) is 18.6 Å². The van der Waals surface area contributed by atoms with Crippen LogP contribution in [-0.2, 0) is 4.79 Å². The Morgan fingerprint density at radius 3 is 2.82 bits per heavy atom. The molecule has 0 radical (unpaired) electrons. The molecule has 0 saturated heterocycles. The second-order valence-electron chi connectivity index (χ2n) is 5.55. The highest BCUT2D eigenvalue weighted by Gasteiger charge is 2.32. The first-order valence-electron chi connectivity index (χ1n) is 7.47. The molecule has 2 aromatic heterocycles. The number of Topliss-reactive ketones (excluding diaryl/α,β-unsaturated/α-hetero) is 1. The van der Waals surface area contributed by atoms with Crippen LogP contribution in [0.15, 0.2) is 54.1 Å². The third-order valence-corrected chi connectivity index (χ3v) is 4.16. The molecular formula is C17H16N4O. The molecule has 1 atom stereocenters. The van der Waals surface area contributed by atoms with Gasteiger partial charge < -0.3 is 10.6 Å². The number of allylic oxidation sites excluding steroid dienone is 1. The summed E-state index contributed by atoms with van der Waals surface area (Å²) in [7, 11) is 0. The van der Waals surface area contributed by atoms with Crippen molar-refractivity contribution in [1.29, 1.82) is 0 Å². The lowest BCUT2D eigenvalue weighted by Gasteiger charge is -2.24. The van der Waals surface area contributed by atoms with Gasteiger partial charge in [0.15, 0.2) is 5.78 Å². The Morgan fingerprint density at radius 1 is 1.09 bits per heavy atom. The van der Waals surface area contributed by atoms with Crippen LogP contribution in [0.3, 0.4) is 0 Å². The van der Waals surface area contributed by atoms with Gasteiger partial charge in [0.05, 0.1) is 11.7 Å². The summed E-state index contributed by atoms with van der Waals surface area (Å²) in [6.45, 7) is 0. The molecule has 5 heteroatoms. The number of carbonyl (C=O) groups is 1. The lowest BCUT2D eigenvalue weighted by atomic mass is 9.87. The average molecular weight is 292 g/mol. The van der Waals surface area contributed by atoms with Crippen molar-refractivity contribution in [2.75, 3.05) is 10.6 Å². The number of nitrogens with one attached hydrogen (secondary N) is 2. The van der Waals surface area contributed by atoms with E-state index < -0.39 is 0 Å². The number of hydrogen-bond donors (Lipinski definition) is 2. The summed E-state index contributed by atoms with van der Waals surface area (Å²) in [5.74, 6) is 0.974. The van der Waals surface area contributed by atoms with Crippen LogP contribution in [0.4, 0.5) is 11.5 Å². The number of hydrogen-bond acceptors (Lipinski definition) is 5. The van der Waals surface area contributed by atoms with E-state index in [0.717, 1.165) is 41.2 Å². The van der Waals surface area contributed by atoms with Crippen LogP contribution in [0.1, 0.15) is 30.9 Å². The maximum absolute atomic E-state index is 12.5. The predicted molar refractivity (Wildman–Crippen MR) is 84.3 cm³/mol. The Kier molecular flexibility index (Phi) is 3.11. The second kappa shape index (κ2) is 5.26. The molecule has 0 amide bonds. The summed E-state index contributed by atoms with van der Waals surface area (Å²) in [4.78, 5) is 21.0. The Bertz CT molecular complexity index is 754. The van der Waals surface area contributed by atoms with E-state index >= 15 is 0 Å². The maximum Gasteiger partial charge on any atom is 0.163 e. The smallest absolute Gasteiger partial charge is 0.163 e. The lowest BCUT2D eigenvalue weighted by Crippen LogP contribution is -2.23. The molecule has 3 heterocycles. The van der Waals surface area contributed by atoms with Crippen molar-refractivity contribution >= 4 is 17.3 Å². The van der Waals surface area contributed by atoms with Crippen molar-refractivity contribution in [1.82, 2.24) is 9.97 Å². The van der Waals surface area contributed by atoms with Gasteiger partial charge in [0.25, 0.3) is 0 Å². The minimum Gasteiger partial charge on any atom is -0.357 e. The van der Waals surface area contributed by atoms with Gasteiger partial charge in [0, 0.05) is 36.3 Å². The van der Waals surface area contributed by atoms with E-state index in [1.807, 2.05) is 24.3 Å². The summed E-state index contributed by atoms with van der Waals surface area (Å²) in [5, 5.41) is 6.84. The predicted octanol–water partition coefficient (Wildman–Crippen LogP) is 3.06. The van der Waals surface area contributed by atoms with Crippen LogP contribution in [0.2, 0.25) is 0 Å². The monoisotopic (exact) mass is 292 g/mol. The molecule has 1 unspecified atom stereocenters. The first-order chi connectivity index (χ1) is 10.8. The second-order valence-corrected chi connectivity index (χ2v) is 5.55. The molecule has 1 aliphatic heterocycles. The minimum atomic E-state index is -0.186. The van der Waals surface area contributed by atoms with Crippen molar-refractivity contribution in [2.45, 2.75) is 25.3 Å². The summed E-state index contributed by atoms with van der Waals surface area (Å²) in [5.41, 5.74) is 3.78. The van der Waals surface area contributed by atoms with Crippen LogP contribution in [0.25, 0.3) is 0 Å². The van der Waals surface area contributed by atoms with Gasteiger partial charge in [-0.15, -0.1) is 0 Å². The van der Waals surface area contributed by atoms with Crippen LogP contribution in [0, 0.1) is 0 Å². The zero-order valence-corrected chi connectivity index (χ0v) is 12.0. The van der Waals surface area contributed by atoms with Crippen LogP contribution in [0.5, 0.6) is 0 Å². The first kappa shape index (κ1) is 13.0. The molecule has 1 aliphatic carbocycles. The van der Waals surface area contributed by atoms with Gasteiger partial charge in [0.1, 0.15) is 5.82 Å². The summed E-state index contributed by atoms with van der Waals surface area (Å²) in [6, 6.07) is 7.57. The fraction of sp³-hybridized carbons (Fsp3) is 0.235. The maximum atomic E-state index is 12.5. The number of rotatable bonds is 1. The van der Waals surface area contributed by atoms with Gasteiger partial charge in [-0.05, 0) is 42.7 Å². The fourth-order valence-electron chi connectivity index (χ4n) is 3.13. The first-order valence-corrected chi connectivity index (χ1v) is 7.47. The summed E-state index contributed by atoms with van der Waals surface area (Å²) in [6.07, 6.45) is 7.64. The number of fused-ring (bicyclic) bond motifs is 1. The molecule has 22 heavy (non-hydrogen) atoms. The average Bonchev–Trinajstić information content (AvgIpc) is 2.73. The molecule has 0 aromatic carbocycles. The number of nitrogens with zero attached hydrogens (tertiary/aromatic N) is 2. The van der Waals surface area contributed by atoms with Gasteiger partial charge in [-0.3, -0.25) is 9.78 Å². The minimum absolute atomic E-state index is 0.186. The molecule has 0 saturated carbocycles. The van der Waals surface area contributed by atoms with E-state index in [2.05, 4.69) is 20.6 Å². The zero-order valence-electron chi connectivity index (χ0n) is 12.0. The normalized spacial score (nSPS) is 20.4. The van der Waals surface area contributed by atoms with Gasteiger partial charge in [-0.25, -0.2) is 4.98 Å². The summed E-state index contributed by atoms with van der Waals surface area (Å²) < 4.78 is 0. The SMILES string of the molecule is O=C1CCCC2=C1C(c1ccncc1)Nc1ncccc1N2. The zero-order chi connectivity index (χ0) is 14.9. The van der Waals surface area contributed by atoms with Crippen LogP contribution < -0.4 is 10.6 Å². The number of carbonyl (C=O) groups excluding carboxylic acids is 1. The van der Waals surface area contributed by atoms with Crippen molar-refractivity contribution in [3.05, 3.63) is 59.7 Å². The van der Waals surface area contributed by atoms with Gasteiger partial charge in [0.2, 0.25) is 0 Å². The van der Waals surface area contributed by atoms with Gasteiger partial charge in [-0.1, -0.05) is 0 Å². The molecule has 2 aromatic rings. The van der Waals surface area contributed by atoms with Crippen LogP contribution in [-0.4, -0.2) is 15.8 Å². The highest BCUT2D eigenvalue weighted by Crippen LogP contribution is 2.39. The topological polar surface area (TPSA) is 66.9 Å².